The van der Waals surface area contributed by atoms with Crippen LogP contribution >= 0.6 is 0 Å². The van der Waals surface area contributed by atoms with Gasteiger partial charge in [-0.1, -0.05) is 18.2 Å². The van der Waals surface area contributed by atoms with Crippen LogP contribution in [0.15, 0.2) is 24.3 Å². The van der Waals surface area contributed by atoms with Gasteiger partial charge < -0.3 is 16.4 Å². The number of benzene rings is 1. The fourth-order valence-electron chi connectivity index (χ4n) is 1.67. The number of carbonyl (C=O) groups excluding carboxylic acids is 2. The molecule has 0 aromatic heterocycles. The molecule has 104 valence electrons. The van der Waals surface area contributed by atoms with E-state index in [1.807, 2.05) is 18.2 Å². The summed E-state index contributed by atoms with van der Waals surface area (Å²) < 4.78 is 0. The lowest BCUT2D eigenvalue weighted by Gasteiger charge is -2.18. The molecule has 0 radical (unpaired) electrons. The highest BCUT2D eigenvalue weighted by molar-refractivity contribution is 5.93. The van der Waals surface area contributed by atoms with Gasteiger partial charge in [-0.3, -0.25) is 9.59 Å². The van der Waals surface area contributed by atoms with Crippen molar-refractivity contribution in [2.75, 3.05) is 12.4 Å². The van der Waals surface area contributed by atoms with Crippen LogP contribution in [0.2, 0.25) is 0 Å². The second-order valence-electron chi connectivity index (χ2n) is 5.22. The Hall–Kier alpha value is -1.88. The fraction of sp³-hybridized carbons (Fsp3) is 0.429. The van der Waals surface area contributed by atoms with Crippen LogP contribution in [-0.4, -0.2) is 24.4 Å². The van der Waals surface area contributed by atoms with E-state index in [2.05, 4.69) is 10.6 Å². The van der Waals surface area contributed by atoms with Gasteiger partial charge in [-0.2, -0.15) is 0 Å². The van der Waals surface area contributed by atoms with Gasteiger partial charge in [0, 0.05) is 24.7 Å². The van der Waals surface area contributed by atoms with Crippen LogP contribution in [0, 0.1) is 0 Å². The summed E-state index contributed by atoms with van der Waals surface area (Å²) in [6.07, 6.45) is 0.459. The van der Waals surface area contributed by atoms with Crippen molar-refractivity contribution in [2.45, 2.75) is 32.2 Å². The summed E-state index contributed by atoms with van der Waals surface area (Å²) in [5, 5.41) is 5.36. The van der Waals surface area contributed by atoms with Crippen molar-refractivity contribution in [3.63, 3.8) is 0 Å². The highest BCUT2D eigenvalue weighted by Crippen LogP contribution is 2.17. The molecule has 4 N–H and O–H groups in total. The van der Waals surface area contributed by atoms with Gasteiger partial charge in [0.15, 0.2) is 0 Å². The molecule has 2 amide bonds. The monoisotopic (exact) mass is 263 g/mol. The second kappa shape index (κ2) is 6.33. The van der Waals surface area contributed by atoms with Gasteiger partial charge in [-0.25, -0.2) is 0 Å². The lowest BCUT2D eigenvalue weighted by molar-refractivity contribution is -0.120. The minimum atomic E-state index is -0.556. The number of nitrogens with one attached hydrogen (secondary N) is 2. The number of nitrogens with two attached hydrogens (primary N) is 1. The van der Waals surface area contributed by atoms with Gasteiger partial charge in [0.05, 0.1) is 6.42 Å². The zero-order chi connectivity index (χ0) is 14.5. The van der Waals surface area contributed by atoms with E-state index >= 15 is 0 Å². The molecule has 0 fully saturated rings. The summed E-state index contributed by atoms with van der Waals surface area (Å²) in [5.41, 5.74) is 6.69. The zero-order valence-corrected chi connectivity index (χ0v) is 11.6. The first-order chi connectivity index (χ1) is 8.81. The number of hydrogen-bond acceptors (Lipinski definition) is 3. The Kier molecular flexibility index (Phi) is 5.06. The third-order valence-corrected chi connectivity index (χ3v) is 2.54. The summed E-state index contributed by atoms with van der Waals surface area (Å²) in [6.45, 7) is 3.59. The van der Waals surface area contributed by atoms with Crippen LogP contribution in [0.4, 0.5) is 5.69 Å². The first-order valence-corrected chi connectivity index (χ1v) is 6.19. The molecule has 5 nitrogen and oxygen atoms in total. The quantitative estimate of drug-likeness (QED) is 0.742. The lowest BCUT2D eigenvalue weighted by atomic mass is 10.0. The molecule has 0 unspecified atom stereocenters. The maximum Gasteiger partial charge on any atom is 0.226 e. The normalized spacial score (nSPS) is 10.9. The van der Waals surface area contributed by atoms with Crippen molar-refractivity contribution in [1.29, 1.82) is 0 Å². The molecule has 5 heteroatoms. The number of carbonyl (C=O) groups is 2. The van der Waals surface area contributed by atoms with Crippen molar-refractivity contribution in [3.05, 3.63) is 29.8 Å². The Bertz CT molecular complexity index is 464. The smallest absolute Gasteiger partial charge is 0.226 e. The van der Waals surface area contributed by atoms with Crippen LogP contribution < -0.4 is 16.4 Å². The standard InChI is InChI=1S/C14H21N3O2/c1-14(2,15)9-13(19)17-11-7-5-4-6-10(11)8-12(18)16-3/h4-7H,8-9,15H2,1-3H3,(H,16,18)(H,17,19). The Labute approximate surface area is 113 Å². The Morgan fingerprint density at radius 3 is 2.42 bits per heavy atom. The summed E-state index contributed by atoms with van der Waals surface area (Å²) in [5.74, 6) is -0.252. The average molecular weight is 263 g/mol. The molecular weight excluding hydrogens is 242 g/mol. The summed E-state index contributed by atoms with van der Waals surface area (Å²) in [4.78, 5) is 23.2. The van der Waals surface area contributed by atoms with Crippen LogP contribution in [0.1, 0.15) is 25.8 Å². The SMILES string of the molecule is CNC(=O)Cc1ccccc1NC(=O)CC(C)(C)N. The highest BCUT2D eigenvalue weighted by atomic mass is 16.2. The maximum absolute atomic E-state index is 11.8. The molecule has 0 saturated carbocycles. The Morgan fingerprint density at radius 1 is 1.21 bits per heavy atom. The molecule has 0 aliphatic heterocycles. The van der Waals surface area contributed by atoms with E-state index in [0.29, 0.717) is 5.69 Å². The number of amides is 2. The highest BCUT2D eigenvalue weighted by Gasteiger charge is 2.17. The third-order valence-electron chi connectivity index (χ3n) is 2.54. The molecule has 1 aromatic rings. The summed E-state index contributed by atoms with van der Waals surface area (Å²) >= 11 is 0. The molecule has 0 heterocycles. The maximum atomic E-state index is 11.8. The van der Waals surface area contributed by atoms with Crippen molar-refractivity contribution in [1.82, 2.24) is 5.32 Å². The minimum absolute atomic E-state index is 0.0964. The molecule has 0 aliphatic carbocycles. The van der Waals surface area contributed by atoms with Crippen LogP contribution in [0.5, 0.6) is 0 Å². The first kappa shape index (κ1) is 15.2. The molecule has 0 aliphatic rings. The van der Waals surface area contributed by atoms with Crippen LogP contribution in [0.3, 0.4) is 0 Å². The number of hydrogen-bond donors (Lipinski definition) is 3. The summed E-state index contributed by atoms with van der Waals surface area (Å²) in [7, 11) is 1.58. The van der Waals surface area contributed by atoms with E-state index in [9.17, 15) is 9.59 Å². The number of para-hydroxylation sites is 1. The lowest BCUT2D eigenvalue weighted by Crippen LogP contribution is -2.36. The van der Waals surface area contributed by atoms with Crippen molar-refractivity contribution in [2.24, 2.45) is 5.73 Å². The molecule has 0 atom stereocenters. The van der Waals surface area contributed by atoms with Crippen LogP contribution in [0.25, 0.3) is 0 Å². The van der Waals surface area contributed by atoms with E-state index in [-0.39, 0.29) is 24.7 Å². The molecule has 0 spiro atoms. The van der Waals surface area contributed by atoms with Gasteiger partial charge in [0.25, 0.3) is 0 Å². The molecular formula is C14H21N3O2. The predicted octanol–water partition coefficient (Wildman–Crippen LogP) is 1.04. The second-order valence-corrected chi connectivity index (χ2v) is 5.22. The molecule has 0 bridgehead atoms. The summed E-state index contributed by atoms with van der Waals surface area (Å²) in [6, 6.07) is 7.25. The van der Waals surface area contributed by atoms with E-state index in [4.69, 9.17) is 5.73 Å². The molecule has 19 heavy (non-hydrogen) atoms. The molecule has 0 saturated heterocycles. The first-order valence-electron chi connectivity index (χ1n) is 6.19. The van der Waals surface area contributed by atoms with E-state index in [1.165, 1.54) is 0 Å². The van der Waals surface area contributed by atoms with Gasteiger partial charge in [-0.15, -0.1) is 0 Å². The number of likely N-dealkylation sites (N-methyl/N-ethyl adjacent to an activating group) is 1. The number of rotatable bonds is 5. The van der Waals surface area contributed by atoms with Crippen LogP contribution in [-0.2, 0) is 16.0 Å². The van der Waals surface area contributed by atoms with Gasteiger partial charge >= 0.3 is 0 Å². The van der Waals surface area contributed by atoms with Gasteiger partial charge in [0.2, 0.25) is 11.8 Å². The topological polar surface area (TPSA) is 84.2 Å². The largest absolute Gasteiger partial charge is 0.359 e. The molecule has 1 rings (SSSR count). The van der Waals surface area contributed by atoms with E-state index < -0.39 is 5.54 Å². The Balaban J connectivity index is 2.78. The third kappa shape index (κ3) is 5.52. The zero-order valence-electron chi connectivity index (χ0n) is 11.6. The van der Waals surface area contributed by atoms with E-state index in [0.717, 1.165) is 5.56 Å². The van der Waals surface area contributed by atoms with Crippen molar-refractivity contribution < 1.29 is 9.59 Å². The Morgan fingerprint density at radius 2 is 1.84 bits per heavy atom. The van der Waals surface area contributed by atoms with Gasteiger partial charge in [-0.05, 0) is 25.5 Å². The molecule has 1 aromatic carbocycles. The predicted molar refractivity (Wildman–Crippen MR) is 75.7 cm³/mol. The van der Waals surface area contributed by atoms with Crippen molar-refractivity contribution in [3.8, 4) is 0 Å². The fourth-order valence-corrected chi connectivity index (χ4v) is 1.67. The minimum Gasteiger partial charge on any atom is -0.359 e. The average Bonchev–Trinajstić information content (AvgIpc) is 2.29. The van der Waals surface area contributed by atoms with E-state index in [1.54, 1.807) is 27.0 Å². The van der Waals surface area contributed by atoms with Crippen molar-refractivity contribution >= 4 is 17.5 Å². The number of anilines is 1. The van der Waals surface area contributed by atoms with Gasteiger partial charge in [0.1, 0.15) is 0 Å².